The van der Waals surface area contributed by atoms with Gasteiger partial charge in [-0.1, -0.05) is 25.5 Å². The lowest BCUT2D eigenvalue weighted by Crippen LogP contribution is -2.59. The van der Waals surface area contributed by atoms with Gasteiger partial charge in [-0.2, -0.15) is 5.10 Å². The summed E-state index contributed by atoms with van der Waals surface area (Å²) in [7, 11) is 0. The number of fused-ring (bicyclic) bond motifs is 3. The summed E-state index contributed by atoms with van der Waals surface area (Å²) < 4.78 is 14.2. The maximum absolute atomic E-state index is 12.7. The van der Waals surface area contributed by atoms with Crippen LogP contribution in [0.2, 0.25) is 0 Å². The highest BCUT2D eigenvalue weighted by molar-refractivity contribution is 5.78. The summed E-state index contributed by atoms with van der Waals surface area (Å²) in [6.07, 6.45) is 9.46. The van der Waals surface area contributed by atoms with Crippen molar-refractivity contribution in [3.05, 3.63) is 35.5 Å². The number of hydrogen-bond donors (Lipinski definition) is 1. The van der Waals surface area contributed by atoms with Crippen LogP contribution in [-0.2, 0) is 22.7 Å². The Hall–Kier alpha value is -2.34. The Kier molecular flexibility index (Phi) is 4.71. The molecular formula is C27H35N3O3. The Balaban J connectivity index is 1.07. The van der Waals surface area contributed by atoms with Crippen LogP contribution >= 0.6 is 0 Å². The third kappa shape index (κ3) is 3.76. The average molecular weight is 450 g/mol. The van der Waals surface area contributed by atoms with E-state index >= 15 is 0 Å². The molecule has 0 spiro atoms. The topological polar surface area (TPSA) is 65.4 Å². The first-order chi connectivity index (χ1) is 15.7. The minimum absolute atomic E-state index is 0.0241. The molecule has 0 radical (unpaired) electrons. The molecule has 1 aromatic carbocycles. The number of aryl methyl sites for hydroxylation is 1. The predicted molar refractivity (Wildman–Crippen MR) is 126 cm³/mol. The van der Waals surface area contributed by atoms with E-state index in [4.69, 9.17) is 9.47 Å². The minimum atomic E-state index is -0.0327. The molecule has 1 aromatic heterocycles. The normalized spacial score (nSPS) is 33.4. The Labute approximate surface area is 196 Å². The third-order valence-electron chi connectivity index (χ3n) is 8.39. The van der Waals surface area contributed by atoms with Crippen LogP contribution in [0.15, 0.2) is 24.4 Å². The second kappa shape index (κ2) is 7.33. The number of ether oxygens (including phenoxy) is 2. The van der Waals surface area contributed by atoms with Crippen LogP contribution in [0.25, 0.3) is 11.3 Å². The van der Waals surface area contributed by atoms with Crippen molar-refractivity contribution in [3.63, 3.8) is 0 Å². The van der Waals surface area contributed by atoms with Crippen molar-refractivity contribution in [2.24, 2.45) is 16.7 Å². The highest BCUT2D eigenvalue weighted by Gasteiger charge is 2.60. The minimum Gasteiger partial charge on any atom is -0.488 e. The fourth-order valence-electron chi connectivity index (χ4n) is 8.23. The van der Waals surface area contributed by atoms with Crippen molar-refractivity contribution in [2.45, 2.75) is 78.0 Å². The van der Waals surface area contributed by atoms with Gasteiger partial charge in [-0.15, -0.1) is 0 Å². The van der Waals surface area contributed by atoms with E-state index in [1.165, 1.54) is 38.5 Å². The number of amides is 1. The van der Waals surface area contributed by atoms with E-state index in [0.29, 0.717) is 30.6 Å². The number of rotatable bonds is 6. The molecule has 4 aliphatic carbocycles. The highest BCUT2D eigenvalue weighted by atomic mass is 16.5. The predicted octanol–water partition coefficient (Wildman–Crippen LogP) is 4.63. The maximum atomic E-state index is 12.7. The maximum Gasteiger partial charge on any atom is 0.241 e. The van der Waals surface area contributed by atoms with Crippen LogP contribution in [0, 0.1) is 23.7 Å². The summed E-state index contributed by atoms with van der Waals surface area (Å²) >= 11 is 0. The largest absolute Gasteiger partial charge is 0.488 e. The van der Waals surface area contributed by atoms with Gasteiger partial charge in [0.15, 0.2) is 0 Å². The summed E-state index contributed by atoms with van der Waals surface area (Å²) in [5.74, 6) is 1.63. The fourth-order valence-corrected chi connectivity index (χ4v) is 8.23. The van der Waals surface area contributed by atoms with Crippen LogP contribution in [0.4, 0.5) is 0 Å². The first-order valence-electron chi connectivity index (χ1n) is 12.4. The van der Waals surface area contributed by atoms with Crippen LogP contribution in [0.1, 0.15) is 63.5 Å². The number of carbonyl (C=O) groups is 1. The summed E-state index contributed by atoms with van der Waals surface area (Å²) in [6.45, 7) is 8.80. The van der Waals surface area contributed by atoms with E-state index in [1.807, 2.05) is 18.3 Å². The SMILES string of the molecule is Cc1ccc2c(c1)-c1c(cnn1CC(=O)NCCOC13CC4C[C@@](C)(C1)C[C@](C)(C4)C3)CO2. The molecule has 4 fully saturated rings. The molecule has 176 valence electrons. The monoisotopic (exact) mass is 449 g/mol. The summed E-state index contributed by atoms with van der Waals surface area (Å²) in [6, 6.07) is 6.14. The van der Waals surface area contributed by atoms with Crippen LogP contribution in [0.3, 0.4) is 0 Å². The first-order valence-corrected chi connectivity index (χ1v) is 12.4. The molecule has 4 atom stereocenters. The zero-order valence-corrected chi connectivity index (χ0v) is 20.1. The molecule has 33 heavy (non-hydrogen) atoms. The lowest BCUT2D eigenvalue weighted by atomic mass is 9.43. The second-order valence-corrected chi connectivity index (χ2v) is 12.0. The van der Waals surface area contributed by atoms with E-state index in [0.717, 1.165) is 34.1 Å². The molecule has 1 aliphatic heterocycles. The van der Waals surface area contributed by atoms with Crippen LogP contribution in [-0.4, -0.2) is 34.4 Å². The number of benzene rings is 1. The van der Waals surface area contributed by atoms with E-state index in [1.54, 1.807) is 4.68 Å². The quantitative estimate of drug-likeness (QED) is 0.653. The smallest absolute Gasteiger partial charge is 0.241 e. The molecule has 4 bridgehead atoms. The van der Waals surface area contributed by atoms with Gasteiger partial charge in [0, 0.05) is 17.7 Å². The Morgan fingerprint density at radius 3 is 2.76 bits per heavy atom. The van der Waals surface area contributed by atoms with Gasteiger partial charge in [-0.05, 0) is 74.3 Å². The zero-order valence-electron chi connectivity index (χ0n) is 20.1. The lowest BCUT2D eigenvalue weighted by Gasteiger charge is -2.65. The highest BCUT2D eigenvalue weighted by Crippen LogP contribution is 2.67. The molecule has 0 saturated heterocycles. The third-order valence-corrected chi connectivity index (χ3v) is 8.39. The van der Waals surface area contributed by atoms with Crippen molar-refractivity contribution >= 4 is 5.91 Å². The number of aromatic nitrogens is 2. The van der Waals surface area contributed by atoms with Gasteiger partial charge in [0.2, 0.25) is 5.91 Å². The van der Waals surface area contributed by atoms with Crippen molar-refractivity contribution in [2.75, 3.05) is 13.2 Å². The van der Waals surface area contributed by atoms with Crippen LogP contribution < -0.4 is 10.1 Å². The summed E-state index contributed by atoms with van der Waals surface area (Å²) in [5.41, 5.74) is 5.08. The molecule has 2 heterocycles. The van der Waals surface area contributed by atoms with Gasteiger partial charge in [0.25, 0.3) is 0 Å². The molecule has 1 amide bonds. The first kappa shape index (κ1) is 21.2. The Morgan fingerprint density at radius 2 is 2.00 bits per heavy atom. The number of nitrogens with zero attached hydrogens (tertiary/aromatic N) is 2. The van der Waals surface area contributed by atoms with Crippen molar-refractivity contribution in [1.82, 2.24) is 15.1 Å². The standard InChI is InChI=1S/C27H35N3O3/c1-18-4-5-22-21(8-18)24-20(14-32-22)12-29-30(24)13-23(31)28-6-7-33-27-11-19-9-25(2,16-27)15-26(3,10-19)17-27/h4-5,8,12,19H,6-7,9-11,13-17H2,1-3H3,(H,28,31)/t19?,25-,26+,27?. The van der Waals surface area contributed by atoms with E-state index < -0.39 is 0 Å². The van der Waals surface area contributed by atoms with E-state index in [2.05, 4.69) is 37.3 Å². The Morgan fingerprint density at radius 1 is 1.21 bits per heavy atom. The molecule has 1 N–H and O–H groups in total. The van der Waals surface area contributed by atoms with Crippen LogP contribution in [0.5, 0.6) is 5.75 Å². The van der Waals surface area contributed by atoms with E-state index in [-0.39, 0.29) is 18.1 Å². The van der Waals surface area contributed by atoms with Crippen molar-refractivity contribution in [3.8, 4) is 17.0 Å². The average Bonchev–Trinajstić information content (AvgIpc) is 3.12. The molecule has 5 aliphatic rings. The molecule has 4 saturated carbocycles. The zero-order chi connectivity index (χ0) is 22.8. The van der Waals surface area contributed by atoms with Gasteiger partial charge >= 0.3 is 0 Å². The van der Waals surface area contributed by atoms with Crippen molar-refractivity contribution < 1.29 is 14.3 Å². The summed E-state index contributed by atoms with van der Waals surface area (Å²) in [4.78, 5) is 12.7. The molecule has 2 unspecified atom stereocenters. The van der Waals surface area contributed by atoms with Gasteiger partial charge in [-0.3, -0.25) is 9.48 Å². The Bertz CT molecular complexity index is 1090. The van der Waals surface area contributed by atoms with Gasteiger partial charge in [0.05, 0.1) is 24.1 Å². The number of hydrogen-bond acceptors (Lipinski definition) is 4. The van der Waals surface area contributed by atoms with Crippen molar-refractivity contribution in [1.29, 1.82) is 0 Å². The molecule has 6 nitrogen and oxygen atoms in total. The number of carbonyl (C=O) groups excluding carboxylic acids is 1. The van der Waals surface area contributed by atoms with Gasteiger partial charge in [0.1, 0.15) is 18.9 Å². The molecule has 7 rings (SSSR count). The molecule has 2 aromatic rings. The molecule has 6 heteroatoms. The second-order valence-electron chi connectivity index (χ2n) is 12.0. The van der Waals surface area contributed by atoms with Gasteiger partial charge < -0.3 is 14.8 Å². The number of nitrogens with one attached hydrogen (secondary N) is 1. The van der Waals surface area contributed by atoms with Gasteiger partial charge in [-0.25, -0.2) is 0 Å². The summed E-state index contributed by atoms with van der Waals surface area (Å²) in [5, 5.41) is 7.54. The fraction of sp³-hybridized carbons (Fsp3) is 0.630. The lowest BCUT2D eigenvalue weighted by molar-refractivity contribution is -0.213. The van der Waals surface area contributed by atoms with E-state index in [9.17, 15) is 4.79 Å². The molecular weight excluding hydrogens is 414 g/mol.